The highest BCUT2D eigenvalue weighted by Gasteiger charge is 2.28. The first-order chi connectivity index (χ1) is 12.9. The summed E-state index contributed by atoms with van der Waals surface area (Å²) >= 11 is 59.6. The Morgan fingerprint density at radius 2 is 0.571 bits per heavy atom. The van der Waals surface area contributed by atoms with E-state index in [1.54, 1.807) is 0 Å². The van der Waals surface area contributed by atoms with Gasteiger partial charge in [0.2, 0.25) is 10.2 Å². The fraction of sp³-hybridized carbons (Fsp3) is 0. The van der Waals surface area contributed by atoms with Gasteiger partial charge in [0.05, 0.1) is 61.4 Å². The van der Waals surface area contributed by atoms with E-state index in [0.717, 1.165) is 0 Å². The van der Waals surface area contributed by atoms with E-state index in [9.17, 15) is 9.59 Å². The van der Waals surface area contributed by atoms with Crippen LogP contribution in [0.1, 0.15) is 20.7 Å². The molecule has 0 heterocycles. The zero-order valence-electron chi connectivity index (χ0n) is 12.4. The van der Waals surface area contributed by atoms with Crippen molar-refractivity contribution in [2.45, 2.75) is 0 Å². The molecule has 0 radical (unpaired) electrons. The Morgan fingerprint density at radius 3 is 0.786 bits per heavy atom. The van der Waals surface area contributed by atoms with Gasteiger partial charge in [0.15, 0.2) is 0 Å². The van der Waals surface area contributed by atoms with E-state index < -0.39 is 10.2 Å². The number of carbonyl (C=O) groups is 2. The Kier molecular flexibility index (Phi) is 9.46. The number of hydrogen-bond acceptors (Lipinski definition) is 4. The molecule has 0 saturated heterocycles. The van der Waals surface area contributed by atoms with Crippen molar-refractivity contribution >= 4 is 148 Å². The Morgan fingerprint density at radius 1 is 0.393 bits per heavy atom. The summed E-state index contributed by atoms with van der Waals surface area (Å²) in [5, 5.41) is -3.08. The summed E-state index contributed by atoms with van der Waals surface area (Å²) < 4.78 is 0. The average Bonchev–Trinajstić information content (AvgIpc) is 2.66. The third kappa shape index (κ3) is 4.90. The van der Waals surface area contributed by atoms with Gasteiger partial charge in [-0.3, -0.25) is 9.59 Å². The summed E-state index contributed by atoms with van der Waals surface area (Å²) in [5.74, 6) is 0. The van der Waals surface area contributed by atoms with Gasteiger partial charge in [-0.25, -0.2) is 0 Å². The van der Waals surface area contributed by atoms with Gasteiger partial charge in [0, 0.05) is 0 Å². The maximum absolute atomic E-state index is 12.5. The predicted octanol–water partition coefficient (Wildman–Crippen LogP) is 10.6. The summed E-state index contributed by atoms with van der Waals surface area (Å²) in [7, 11) is 0.960. The third-order valence-corrected chi connectivity index (χ3v) is 9.53. The Hall–Kier alpha value is 1.38. The quantitative estimate of drug-likeness (QED) is 0.191. The van der Waals surface area contributed by atoms with E-state index in [0.29, 0.717) is 21.6 Å². The van der Waals surface area contributed by atoms with Crippen LogP contribution in [0, 0.1) is 0 Å². The van der Waals surface area contributed by atoms with E-state index in [4.69, 9.17) is 116 Å². The lowest BCUT2D eigenvalue weighted by molar-refractivity contribution is 0.107. The van der Waals surface area contributed by atoms with E-state index in [-0.39, 0.29) is 61.4 Å². The molecule has 28 heavy (non-hydrogen) atoms. The van der Waals surface area contributed by atoms with Crippen molar-refractivity contribution in [3.63, 3.8) is 0 Å². The molecule has 0 fully saturated rings. The first kappa shape index (κ1) is 25.6. The van der Waals surface area contributed by atoms with E-state index in [1.807, 2.05) is 0 Å². The van der Waals surface area contributed by atoms with Gasteiger partial charge in [-0.2, -0.15) is 0 Å². The van der Waals surface area contributed by atoms with Gasteiger partial charge in [-0.1, -0.05) is 116 Å². The normalized spacial score (nSPS) is 11.1. The highest BCUT2D eigenvalue weighted by molar-refractivity contribution is 8.87. The molecule has 150 valence electrons. The van der Waals surface area contributed by atoms with Crippen molar-refractivity contribution in [1.82, 2.24) is 0 Å². The minimum atomic E-state index is -0.716. The van der Waals surface area contributed by atoms with Gasteiger partial charge in [-0.05, 0) is 21.6 Å². The second kappa shape index (κ2) is 10.3. The summed E-state index contributed by atoms with van der Waals surface area (Å²) in [6, 6.07) is 0. The number of hydrogen-bond donors (Lipinski definition) is 0. The average molecular weight is 619 g/mol. The maximum atomic E-state index is 12.5. The highest BCUT2D eigenvalue weighted by Crippen LogP contribution is 2.48. The first-order valence-electron chi connectivity index (χ1n) is 6.37. The number of halogens is 10. The molecule has 0 amide bonds. The highest BCUT2D eigenvalue weighted by atomic mass is 35.5. The smallest absolute Gasteiger partial charge is 0.233 e. The van der Waals surface area contributed by atoms with Crippen LogP contribution in [-0.4, -0.2) is 10.2 Å². The number of benzene rings is 2. The summed E-state index contributed by atoms with van der Waals surface area (Å²) in [6.07, 6.45) is 0. The molecule has 14 heteroatoms. The SMILES string of the molecule is O=C(SSC(=O)c1c(Cl)c(Cl)c(Cl)c(Cl)c1Cl)c1c(Cl)c(Cl)c(Cl)c(Cl)c1Cl. The first-order valence-corrected chi connectivity index (χ1v) is 12.3. The molecule has 0 bridgehead atoms. The molecule has 0 aliphatic heterocycles. The molecule has 0 aliphatic rings. The Bertz CT molecular complexity index is 885. The van der Waals surface area contributed by atoms with Crippen molar-refractivity contribution in [2.24, 2.45) is 0 Å². The molecule has 0 saturated carbocycles. The molecular weight excluding hydrogens is 619 g/mol. The van der Waals surface area contributed by atoms with Crippen LogP contribution < -0.4 is 0 Å². The molecular formula is C14Cl10O2S2. The molecule has 0 N–H and O–H groups in total. The van der Waals surface area contributed by atoms with Crippen LogP contribution in [0.15, 0.2) is 0 Å². The summed E-state index contributed by atoms with van der Waals surface area (Å²) in [6.45, 7) is 0. The van der Waals surface area contributed by atoms with Crippen LogP contribution in [0.25, 0.3) is 0 Å². The monoisotopic (exact) mass is 614 g/mol. The van der Waals surface area contributed by atoms with Crippen molar-refractivity contribution in [2.75, 3.05) is 0 Å². The zero-order valence-corrected chi connectivity index (χ0v) is 21.6. The van der Waals surface area contributed by atoms with Crippen LogP contribution >= 0.6 is 138 Å². The molecule has 2 nitrogen and oxygen atoms in total. The topological polar surface area (TPSA) is 34.1 Å². The van der Waals surface area contributed by atoms with Crippen LogP contribution in [-0.2, 0) is 0 Å². The van der Waals surface area contributed by atoms with E-state index in [1.165, 1.54) is 0 Å². The van der Waals surface area contributed by atoms with Crippen LogP contribution in [0.3, 0.4) is 0 Å². The van der Waals surface area contributed by atoms with Gasteiger partial charge in [-0.15, -0.1) is 0 Å². The predicted molar refractivity (Wildman–Crippen MR) is 127 cm³/mol. The maximum Gasteiger partial charge on any atom is 0.233 e. The molecule has 0 unspecified atom stereocenters. The second-order valence-electron chi connectivity index (χ2n) is 4.63. The minimum Gasteiger partial charge on any atom is -0.281 e. The third-order valence-electron chi connectivity index (χ3n) is 3.02. The van der Waals surface area contributed by atoms with Gasteiger partial charge in [0.1, 0.15) is 0 Å². The van der Waals surface area contributed by atoms with Crippen molar-refractivity contribution < 1.29 is 9.59 Å². The molecule has 0 atom stereocenters. The molecule has 2 rings (SSSR count). The lowest BCUT2D eigenvalue weighted by atomic mass is 10.2. The minimum absolute atomic E-state index is 0.104. The zero-order chi connectivity index (χ0) is 21.5. The lowest BCUT2D eigenvalue weighted by Crippen LogP contribution is -2.01. The van der Waals surface area contributed by atoms with Crippen LogP contribution in [0.2, 0.25) is 50.2 Å². The Labute approximate surface area is 216 Å². The Balaban J connectivity index is 2.34. The standard InChI is InChI=1S/C14Cl10O2S2/c15-3-1(4(16)8(20)11(23)7(3)19)13(25)27-28-14(26)2-5(17)9(21)12(24)10(22)6(2)18. The molecule has 2 aromatic rings. The number of rotatable bonds is 2. The van der Waals surface area contributed by atoms with E-state index in [2.05, 4.69) is 0 Å². The summed E-state index contributed by atoms with van der Waals surface area (Å²) in [4.78, 5) is 25.0. The van der Waals surface area contributed by atoms with Crippen molar-refractivity contribution in [3.8, 4) is 0 Å². The van der Waals surface area contributed by atoms with Crippen LogP contribution in [0.5, 0.6) is 0 Å². The van der Waals surface area contributed by atoms with Crippen molar-refractivity contribution in [1.29, 1.82) is 0 Å². The second-order valence-corrected chi connectivity index (χ2v) is 10.5. The van der Waals surface area contributed by atoms with Gasteiger partial charge in [0.25, 0.3) is 0 Å². The molecule has 0 aliphatic carbocycles. The van der Waals surface area contributed by atoms with Gasteiger partial charge >= 0.3 is 0 Å². The lowest BCUT2D eigenvalue weighted by Gasteiger charge is -2.12. The largest absolute Gasteiger partial charge is 0.281 e. The van der Waals surface area contributed by atoms with Crippen LogP contribution in [0.4, 0.5) is 0 Å². The van der Waals surface area contributed by atoms with Gasteiger partial charge < -0.3 is 0 Å². The number of carbonyl (C=O) groups excluding carboxylic acids is 2. The van der Waals surface area contributed by atoms with Crippen molar-refractivity contribution in [3.05, 3.63) is 61.4 Å². The van der Waals surface area contributed by atoms with E-state index >= 15 is 0 Å². The molecule has 0 aromatic heterocycles. The summed E-state index contributed by atoms with van der Waals surface area (Å²) in [5.41, 5.74) is -0.421. The molecule has 2 aromatic carbocycles. The fourth-order valence-corrected chi connectivity index (χ4v) is 6.25. The molecule has 0 spiro atoms. The fourth-order valence-electron chi connectivity index (χ4n) is 1.73.